The number of nitrogens with zero attached hydrogens (tertiary/aromatic N) is 1. The summed E-state index contributed by atoms with van der Waals surface area (Å²) in [5.74, 6) is 0. The predicted molar refractivity (Wildman–Crippen MR) is 78.5 cm³/mol. The van der Waals surface area contributed by atoms with E-state index >= 15 is 0 Å². The van der Waals surface area contributed by atoms with Crippen molar-refractivity contribution >= 4 is 21.6 Å². The maximum Gasteiger partial charge on any atom is 0.175 e. The molecule has 4 nitrogen and oxygen atoms in total. The van der Waals surface area contributed by atoms with Crippen LogP contribution < -0.4 is 0 Å². The molecular formula is C14H15NO3S2. The first-order valence-corrected chi connectivity index (χ1v) is 8.69. The molecule has 1 aromatic carbocycles. The van der Waals surface area contributed by atoms with Gasteiger partial charge in [0.25, 0.3) is 0 Å². The Bertz CT molecular complexity index is 695. The van der Waals surface area contributed by atoms with E-state index < -0.39 is 15.9 Å². The van der Waals surface area contributed by atoms with Crippen LogP contribution in [0.5, 0.6) is 0 Å². The van der Waals surface area contributed by atoms with Gasteiger partial charge in [0.05, 0.1) is 11.0 Å². The highest BCUT2D eigenvalue weighted by molar-refractivity contribution is 7.99. The number of sulfone groups is 1. The van der Waals surface area contributed by atoms with Crippen molar-refractivity contribution in [2.75, 3.05) is 6.26 Å². The van der Waals surface area contributed by atoms with E-state index in [0.29, 0.717) is 4.90 Å². The fourth-order valence-electron chi connectivity index (χ4n) is 1.67. The minimum absolute atomic E-state index is 0.290. The van der Waals surface area contributed by atoms with E-state index in [1.165, 1.54) is 18.0 Å². The van der Waals surface area contributed by atoms with Gasteiger partial charge in [-0.25, -0.2) is 13.4 Å². The lowest BCUT2D eigenvalue weighted by Crippen LogP contribution is -1.97. The fourth-order valence-corrected chi connectivity index (χ4v) is 3.27. The van der Waals surface area contributed by atoms with Crippen LogP contribution in [-0.2, 0) is 9.84 Å². The molecule has 0 amide bonds. The molecule has 0 radical (unpaired) electrons. The number of benzene rings is 1. The number of rotatable bonds is 4. The molecule has 2 rings (SSSR count). The molecule has 0 aliphatic rings. The molecule has 20 heavy (non-hydrogen) atoms. The minimum atomic E-state index is -3.18. The molecule has 0 aliphatic heterocycles. The van der Waals surface area contributed by atoms with Crippen molar-refractivity contribution < 1.29 is 13.5 Å². The van der Waals surface area contributed by atoms with Crippen LogP contribution in [0.4, 0.5) is 0 Å². The first-order chi connectivity index (χ1) is 9.38. The van der Waals surface area contributed by atoms with Crippen molar-refractivity contribution in [1.82, 2.24) is 4.98 Å². The van der Waals surface area contributed by atoms with Crippen molar-refractivity contribution in [2.24, 2.45) is 0 Å². The van der Waals surface area contributed by atoms with E-state index in [1.807, 2.05) is 6.07 Å². The van der Waals surface area contributed by atoms with Gasteiger partial charge in [-0.15, -0.1) is 0 Å². The molecule has 6 heteroatoms. The molecule has 0 aliphatic carbocycles. The van der Waals surface area contributed by atoms with Gasteiger partial charge >= 0.3 is 0 Å². The zero-order chi connectivity index (χ0) is 14.8. The normalized spacial score (nSPS) is 13.2. The number of aliphatic hydroxyl groups is 1. The zero-order valence-electron chi connectivity index (χ0n) is 11.1. The highest BCUT2D eigenvalue weighted by atomic mass is 32.2. The van der Waals surface area contributed by atoms with Crippen LogP contribution in [0, 0.1) is 0 Å². The van der Waals surface area contributed by atoms with Crippen molar-refractivity contribution in [3.63, 3.8) is 0 Å². The van der Waals surface area contributed by atoms with E-state index in [1.54, 1.807) is 43.5 Å². The molecular weight excluding hydrogens is 294 g/mol. The number of pyridine rings is 1. The molecule has 0 unspecified atom stereocenters. The summed E-state index contributed by atoms with van der Waals surface area (Å²) in [6.07, 6.45) is 2.25. The maximum absolute atomic E-state index is 11.4. The third kappa shape index (κ3) is 3.59. The lowest BCUT2D eigenvalue weighted by molar-refractivity contribution is 0.195. The number of hydrogen-bond acceptors (Lipinski definition) is 5. The van der Waals surface area contributed by atoms with Crippen molar-refractivity contribution in [3.05, 3.63) is 48.2 Å². The standard InChI is InChI=1S/C14H15NO3S2/c1-10(16)13-4-3-9-15-14(13)19-11-5-7-12(8-6-11)20(2,17)18/h3-10,16H,1-2H3/t10-/m1/s1. The topological polar surface area (TPSA) is 67.3 Å². The largest absolute Gasteiger partial charge is 0.389 e. The van der Waals surface area contributed by atoms with Gasteiger partial charge in [-0.1, -0.05) is 17.8 Å². The summed E-state index contributed by atoms with van der Waals surface area (Å²) in [5.41, 5.74) is 0.754. The molecule has 0 fully saturated rings. The van der Waals surface area contributed by atoms with Gasteiger partial charge in [-0.3, -0.25) is 0 Å². The van der Waals surface area contributed by atoms with Crippen LogP contribution in [-0.4, -0.2) is 24.8 Å². The van der Waals surface area contributed by atoms with Crippen molar-refractivity contribution in [2.45, 2.75) is 27.8 Å². The molecule has 0 saturated heterocycles. The Morgan fingerprint density at radius 2 is 1.85 bits per heavy atom. The highest BCUT2D eigenvalue weighted by Gasteiger charge is 2.11. The Balaban J connectivity index is 2.27. The Morgan fingerprint density at radius 3 is 2.40 bits per heavy atom. The predicted octanol–water partition coefficient (Wildman–Crippen LogP) is 2.69. The Morgan fingerprint density at radius 1 is 1.20 bits per heavy atom. The quantitative estimate of drug-likeness (QED) is 0.940. The minimum Gasteiger partial charge on any atom is -0.389 e. The fraction of sp³-hybridized carbons (Fsp3) is 0.214. The molecule has 0 saturated carbocycles. The third-order valence-corrected chi connectivity index (χ3v) is 4.89. The van der Waals surface area contributed by atoms with Crippen LogP contribution in [0.25, 0.3) is 0 Å². The number of aromatic nitrogens is 1. The first kappa shape index (κ1) is 15.0. The van der Waals surface area contributed by atoms with Gasteiger partial charge in [0.2, 0.25) is 0 Å². The summed E-state index contributed by atoms with van der Waals surface area (Å²) in [6, 6.07) is 10.2. The average Bonchev–Trinajstić information content (AvgIpc) is 2.38. The van der Waals surface area contributed by atoms with Crippen molar-refractivity contribution in [3.8, 4) is 0 Å². The summed E-state index contributed by atoms with van der Waals surface area (Å²) in [5, 5.41) is 10.4. The van der Waals surface area contributed by atoms with Gasteiger partial charge < -0.3 is 5.11 Å². The zero-order valence-corrected chi connectivity index (χ0v) is 12.8. The Kier molecular flexibility index (Phi) is 4.47. The van der Waals surface area contributed by atoms with E-state index in [-0.39, 0.29) is 0 Å². The lowest BCUT2D eigenvalue weighted by Gasteiger charge is -2.10. The third-order valence-electron chi connectivity index (χ3n) is 2.72. The second kappa shape index (κ2) is 5.95. The molecule has 1 N–H and O–H groups in total. The van der Waals surface area contributed by atoms with Gasteiger partial charge in [0.15, 0.2) is 9.84 Å². The van der Waals surface area contributed by atoms with E-state index in [0.717, 1.165) is 15.5 Å². The summed E-state index contributed by atoms with van der Waals surface area (Å²) in [4.78, 5) is 5.41. The average molecular weight is 309 g/mol. The van der Waals surface area contributed by atoms with Gasteiger partial charge in [-0.05, 0) is 37.3 Å². The van der Waals surface area contributed by atoms with Crippen LogP contribution in [0.3, 0.4) is 0 Å². The number of aliphatic hydroxyl groups excluding tert-OH is 1. The Hall–Kier alpha value is -1.37. The van der Waals surface area contributed by atoms with Crippen LogP contribution >= 0.6 is 11.8 Å². The maximum atomic E-state index is 11.4. The van der Waals surface area contributed by atoms with E-state index in [4.69, 9.17) is 0 Å². The van der Waals surface area contributed by atoms with Gasteiger partial charge in [-0.2, -0.15) is 0 Å². The van der Waals surface area contributed by atoms with Crippen LogP contribution in [0.2, 0.25) is 0 Å². The van der Waals surface area contributed by atoms with Gasteiger partial charge in [0.1, 0.15) is 5.03 Å². The summed E-state index contributed by atoms with van der Waals surface area (Å²) in [6.45, 7) is 1.69. The summed E-state index contributed by atoms with van der Waals surface area (Å²) in [7, 11) is -3.18. The van der Waals surface area contributed by atoms with E-state index in [9.17, 15) is 13.5 Å². The SMILES string of the molecule is C[C@@H](O)c1cccnc1Sc1ccc(S(C)(=O)=O)cc1. The van der Waals surface area contributed by atoms with E-state index in [2.05, 4.69) is 4.98 Å². The molecule has 2 aromatic rings. The smallest absolute Gasteiger partial charge is 0.175 e. The molecule has 106 valence electrons. The van der Waals surface area contributed by atoms with Crippen LogP contribution in [0.1, 0.15) is 18.6 Å². The van der Waals surface area contributed by atoms with Crippen molar-refractivity contribution in [1.29, 1.82) is 0 Å². The first-order valence-electron chi connectivity index (χ1n) is 5.99. The molecule has 1 atom stereocenters. The molecule has 0 bridgehead atoms. The summed E-state index contributed by atoms with van der Waals surface area (Å²) < 4.78 is 22.8. The second-order valence-electron chi connectivity index (χ2n) is 4.42. The monoisotopic (exact) mass is 309 g/mol. The summed E-state index contributed by atoms with van der Waals surface area (Å²) >= 11 is 1.40. The van der Waals surface area contributed by atoms with Gasteiger partial charge in [0, 0.05) is 22.9 Å². The molecule has 1 heterocycles. The molecule has 0 spiro atoms. The number of hydrogen-bond donors (Lipinski definition) is 1. The van der Waals surface area contributed by atoms with Crippen LogP contribution in [0.15, 0.2) is 57.4 Å². The highest BCUT2D eigenvalue weighted by Crippen LogP contribution is 2.31. The second-order valence-corrected chi connectivity index (χ2v) is 7.50. The lowest BCUT2D eigenvalue weighted by atomic mass is 10.2. The Labute approximate surface area is 122 Å². The molecule has 1 aromatic heterocycles.